The zero-order chi connectivity index (χ0) is 20.5. The third kappa shape index (κ3) is 6.85. The Kier molecular flexibility index (Phi) is 8.04. The van der Waals surface area contributed by atoms with Crippen LogP contribution in [0, 0.1) is 12.8 Å². The number of thiazole rings is 1. The molecule has 1 aromatic carbocycles. The van der Waals surface area contributed by atoms with Gasteiger partial charge >= 0.3 is 0 Å². The SMILES string of the molecule is CCNC(=NCC1CC(=O)N(CCc2ccccc2)C1)NCCc1csc(C)n1. The molecular formula is C22H31N5OS. The van der Waals surface area contributed by atoms with Crippen molar-refractivity contribution in [3.8, 4) is 0 Å². The normalized spacial score (nSPS) is 17.0. The van der Waals surface area contributed by atoms with Crippen molar-refractivity contribution in [2.75, 3.05) is 32.7 Å². The minimum atomic E-state index is 0.248. The molecule has 1 aliphatic rings. The molecule has 2 N–H and O–H groups in total. The number of hydrogen-bond donors (Lipinski definition) is 2. The number of carbonyl (C=O) groups is 1. The van der Waals surface area contributed by atoms with Crippen molar-refractivity contribution >= 4 is 23.2 Å². The maximum Gasteiger partial charge on any atom is 0.223 e. The summed E-state index contributed by atoms with van der Waals surface area (Å²) in [6.07, 6.45) is 2.38. The summed E-state index contributed by atoms with van der Waals surface area (Å²) < 4.78 is 0. The van der Waals surface area contributed by atoms with Crippen LogP contribution in [0.5, 0.6) is 0 Å². The molecule has 156 valence electrons. The summed E-state index contributed by atoms with van der Waals surface area (Å²) in [4.78, 5) is 23.5. The zero-order valence-electron chi connectivity index (χ0n) is 17.4. The van der Waals surface area contributed by atoms with Crippen molar-refractivity contribution in [3.63, 3.8) is 0 Å². The van der Waals surface area contributed by atoms with Gasteiger partial charge in [0.15, 0.2) is 5.96 Å². The van der Waals surface area contributed by atoms with E-state index in [2.05, 4.69) is 40.1 Å². The number of rotatable bonds is 9. The monoisotopic (exact) mass is 413 g/mol. The lowest BCUT2D eigenvalue weighted by atomic mass is 10.1. The van der Waals surface area contributed by atoms with Gasteiger partial charge in [-0.15, -0.1) is 11.3 Å². The summed E-state index contributed by atoms with van der Waals surface area (Å²) in [5.74, 6) is 1.35. The Morgan fingerprint density at radius 2 is 2.10 bits per heavy atom. The van der Waals surface area contributed by atoms with E-state index in [1.165, 1.54) is 5.56 Å². The maximum absolute atomic E-state index is 12.3. The molecule has 1 saturated heterocycles. The van der Waals surface area contributed by atoms with Gasteiger partial charge in [-0.1, -0.05) is 30.3 Å². The Morgan fingerprint density at radius 1 is 1.28 bits per heavy atom. The fraction of sp³-hybridized carbons (Fsp3) is 0.500. The van der Waals surface area contributed by atoms with Crippen molar-refractivity contribution in [2.24, 2.45) is 10.9 Å². The second kappa shape index (κ2) is 11.0. The van der Waals surface area contributed by atoms with Gasteiger partial charge in [0.1, 0.15) is 0 Å². The second-order valence-corrected chi connectivity index (χ2v) is 8.46. The topological polar surface area (TPSA) is 69.6 Å². The van der Waals surface area contributed by atoms with Crippen molar-refractivity contribution < 1.29 is 4.79 Å². The lowest BCUT2D eigenvalue weighted by Crippen LogP contribution is -2.38. The number of amides is 1. The molecule has 1 atom stereocenters. The van der Waals surface area contributed by atoms with Crippen LogP contribution < -0.4 is 10.6 Å². The highest BCUT2D eigenvalue weighted by Gasteiger charge is 2.28. The van der Waals surface area contributed by atoms with Gasteiger partial charge in [0.25, 0.3) is 0 Å². The lowest BCUT2D eigenvalue weighted by molar-refractivity contribution is -0.127. The molecule has 0 aliphatic carbocycles. The van der Waals surface area contributed by atoms with Gasteiger partial charge in [0.2, 0.25) is 5.91 Å². The minimum absolute atomic E-state index is 0.248. The van der Waals surface area contributed by atoms with Gasteiger partial charge in [-0.3, -0.25) is 9.79 Å². The molecule has 3 rings (SSSR count). The summed E-state index contributed by atoms with van der Waals surface area (Å²) in [5.41, 5.74) is 2.39. The molecule has 2 aromatic rings. The van der Waals surface area contributed by atoms with Crippen molar-refractivity contribution in [3.05, 3.63) is 52.0 Å². The van der Waals surface area contributed by atoms with Gasteiger partial charge in [0.05, 0.1) is 10.7 Å². The number of carbonyl (C=O) groups excluding carboxylic acids is 1. The number of guanidine groups is 1. The smallest absolute Gasteiger partial charge is 0.223 e. The molecule has 7 heteroatoms. The Morgan fingerprint density at radius 3 is 2.83 bits per heavy atom. The Balaban J connectivity index is 1.44. The molecule has 1 aliphatic heterocycles. The van der Waals surface area contributed by atoms with Gasteiger partial charge < -0.3 is 15.5 Å². The Labute approximate surface area is 177 Å². The van der Waals surface area contributed by atoms with Crippen LogP contribution in [0.1, 0.15) is 29.6 Å². The predicted molar refractivity (Wildman–Crippen MR) is 119 cm³/mol. The highest BCUT2D eigenvalue weighted by molar-refractivity contribution is 7.09. The standard InChI is InChI=1S/C22H31N5OS/c1-3-23-22(24-11-9-20-16-29-17(2)26-20)25-14-19-13-21(28)27(15-19)12-10-18-7-5-4-6-8-18/h4-8,16,19H,3,9-15H2,1-2H3,(H2,23,24,25). The van der Waals surface area contributed by atoms with Crippen LogP contribution >= 0.6 is 11.3 Å². The molecule has 1 unspecified atom stereocenters. The van der Waals surface area contributed by atoms with Crippen LogP contribution in [0.25, 0.3) is 0 Å². The number of aromatic nitrogens is 1. The van der Waals surface area contributed by atoms with E-state index in [1.807, 2.05) is 30.0 Å². The van der Waals surface area contributed by atoms with Crippen LogP contribution in [0.2, 0.25) is 0 Å². The summed E-state index contributed by atoms with van der Waals surface area (Å²) in [6.45, 7) is 7.95. The Bertz CT molecular complexity index is 805. The summed E-state index contributed by atoms with van der Waals surface area (Å²) in [5, 5.41) is 9.87. The van der Waals surface area contributed by atoms with E-state index in [4.69, 9.17) is 4.99 Å². The minimum Gasteiger partial charge on any atom is -0.357 e. The first-order chi connectivity index (χ1) is 14.1. The van der Waals surface area contributed by atoms with Gasteiger partial charge in [0, 0.05) is 56.9 Å². The molecule has 0 radical (unpaired) electrons. The van der Waals surface area contributed by atoms with Crippen molar-refractivity contribution in [1.82, 2.24) is 20.5 Å². The lowest BCUT2D eigenvalue weighted by Gasteiger charge is -2.16. The van der Waals surface area contributed by atoms with E-state index in [-0.39, 0.29) is 11.8 Å². The number of hydrogen-bond acceptors (Lipinski definition) is 4. The summed E-state index contributed by atoms with van der Waals surface area (Å²) >= 11 is 1.68. The average molecular weight is 414 g/mol. The third-order valence-electron chi connectivity index (χ3n) is 5.00. The number of nitrogens with one attached hydrogen (secondary N) is 2. The van der Waals surface area contributed by atoms with Crippen LogP contribution in [-0.4, -0.2) is 54.5 Å². The average Bonchev–Trinajstić information content (AvgIpc) is 3.30. The van der Waals surface area contributed by atoms with E-state index >= 15 is 0 Å². The molecule has 0 saturated carbocycles. The first kappa shape index (κ1) is 21.3. The largest absolute Gasteiger partial charge is 0.357 e. The van der Waals surface area contributed by atoms with Crippen molar-refractivity contribution in [1.29, 1.82) is 0 Å². The molecule has 29 heavy (non-hydrogen) atoms. The van der Waals surface area contributed by atoms with Gasteiger partial charge in [-0.25, -0.2) is 4.98 Å². The fourth-order valence-corrected chi connectivity index (χ4v) is 4.14. The first-order valence-corrected chi connectivity index (χ1v) is 11.3. The zero-order valence-corrected chi connectivity index (χ0v) is 18.2. The van der Waals surface area contributed by atoms with E-state index in [0.717, 1.165) is 55.7 Å². The molecule has 1 fully saturated rings. The number of benzene rings is 1. The maximum atomic E-state index is 12.3. The highest BCUT2D eigenvalue weighted by Crippen LogP contribution is 2.18. The van der Waals surface area contributed by atoms with E-state index < -0.39 is 0 Å². The molecule has 1 amide bonds. The first-order valence-electron chi connectivity index (χ1n) is 10.4. The molecule has 2 heterocycles. The van der Waals surface area contributed by atoms with Crippen LogP contribution in [0.4, 0.5) is 0 Å². The fourth-order valence-electron chi connectivity index (χ4n) is 3.50. The molecule has 0 bridgehead atoms. The van der Waals surface area contributed by atoms with Crippen LogP contribution in [0.3, 0.4) is 0 Å². The van der Waals surface area contributed by atoms with E-state index in [9.17, 15) is 4.79 Å². The van der Waals surface area contributed by atoms with Crippen LogP contribution in [-0.2, 0) is 17.6 Å². The molecule has 0 spiro atoms. The van der Waals surface area contributed by atoms with Crippen LogP contribution in [0.15, 0.2) is 40.7 Å². The Hall–Kier alpha value is -2.41. The van der Waals surface area contributed by atoms with Crippen molar-refractivity contribution in [2.45, 2.75) is 33.1 Å². The second-order valence-electron chi connectivity index (χ2n) is 7.40. The number of aliphatic imine (C=N–C) groups is 1. The molecular weight excluding hydrogens is 382 g/mol. The molecule has 1 aromatic heterocycles. The quantitative estimate of drug-likeness (QED) is 0.490. The summed E-state index contributed by atoms with van der Waals surface area (Å²) in [7, 11) is 0. The number of nitrogens with zero attached hydrogens (tertiary/aromatic N) is 3. The van der Waals surface area contributed by atoms with E-state index in [1.54, 1.807) is 11.3 Å². The highest BCUT2D eigenvalue weighted by atomic mass is 32.1. The number of aryl methyl sites for hydroxylation is 1. The van der Waals surface area contributed by atoms with E-state index in [0.29, 0.717) is 13.0 Å². The predicted octanol–water partition coefficient (Wildman–Crippen LogP) is 2.64. The van der Waals surface area contributed by atoms with Gasteiger partial charge in [-0.05, 0) is 25.8 Å². The third-order valence-corrected chi connectivity index (χ3v) is 5.82. The number of likely N-dealkylation sites (tertiary alicyclic amines) is 1. The summed E-state index contributed by atoms with van der Waals surface area (Å²) in [6, 6.07) is 10.3. The van der Waals surface area contributed by atoms with Gasteiger partial charge in [-0.2, -0.15) is 0 Å². The molecule has 6 nitrogen and oxygen atoms in total.